The Morgan fingerprint density at radius 1 is 1.14 bits per heavy atom. The zero-order valence-electron chi connectivity index (χ0n) is 11.8. The van der Waals surface area contributed by atoms with Gasteiger partial charge in [0.05, 0.1) is 31.5 Å². The van der Waals surface area contributed by atoms with Crippen LogP contribution in [0.15, 0.2) is 12.3 Å². The van der Waals surface area contributed by atoms with E-state index in [1.165, 1.54) is 0 Å². The van der Waals surface area contributed by atoms with Gasteiger partial charge in [0.25, 0.3) is 20.2 Å². The van der Waals surface area contributed by atoms with Gasteiger partial charge < -0.3 is 14.9 Å². The summed E-state index contributed by atoms with van der Waals surface area (Å²) in [7, 11) is -7.92. The van der Waals surface area contributed by atoms with E-state index in [1.54, 1.807) is 0 Å². The number of aliphatic hydroxyl groups excluding tert-OH is 1. The van der Waals surface area contributed by atoms with Crippen molar-refractivity contribution in [1.82, 2.24) is 0 Å². The molecule has 0 spiro atoms. The highest BCUT2D eigenvalue weighted by Gasteiger charge is 2.34. The maximum atomic E-state index is 11.1. The van der Waals surface area contributed by atoms with Crippen molar-refractivity contribution in [3.63, 3.8) is 0 Å². The van der Waals surface area contributed by atoms with Crippen LogP contribution in [0.25, 0.3) is 0 Å². The number of ether oxygens (including phenoxy) is 1. The van der Waals surface area contributed by atoms with E-state index in [9.17, 15) is 21.9 Å². The molecule has 0 heterocycles. The second-order valence-electron chi connectivity index (χ2n) is 4.38. The fourth-order valence-corrected chi connectivity index (χ4v) is 2.24. The van der Waals surface area contributed by atoms with Crippen molar-refractivity contribution in [2.24, 2.45) is 0 Å². The zero-order valence-corrected chi connectivity index (χ0v) is 13.4. The van der Waals surface area contributed by atoms with Gasteiger partial charge in [0.2, 0.25) is 5.79 Å². The van der Waals surface area contributed by atoms with Gasteiger partial charge in [0, 0.05) is 12.8 Å². The van der Waals surface area contributed by atoms with Crippen molar-refractivity contribution >= 4 is 20.2 Å². The minimum Gasteiger partial charge on any atom is -0.513 e. The van der Waals surface area contributed by atoms with Crippen molar-refractivity contribution in [2.75, 3.05) is 32.3 Å². The van der Waals surface area contributed by atoms with Crippen molar-refractivity contribution in [3.05, 3.63) is 12.3 Å². The molecule has 2 N–H and O–H groups in total. The first kappa shape index (κ1) is 20.3. The lowest BCUT2D eigenvalue weighted by atomic mass is 10.2. The lowest BCUT2D eigenvalue weighted by Crippen LogP contribution is -2.41. The Balaban J connectivity index is 4.55. The topological polar surface area (TPSA) is 136 Å². The Hall–Kier alpha value is -0.720. The molecular formula is C10H20O9S2. The minimum absolute atomic E-state index is 0.0851. The van der Waals surface area contributed by atoms with Crippen LogP contribution >= 0.6 is 0 Å². The van der Waals surface area contributed by atoms with Crippen molar-refractivity contribution in [1.29, 1.82) is 0 Å². The number of hydrogen-bond donors (Lipinski definition) is 2. The first-order chi connectivity index (χ1) is 9.33. The largest absolute Gasteiger partial charge is 0.513 e. The molecule has 0 radical (unpaired) electrons. The molecule has 0 aromatic heterocycles. The highest BCUT2D eigenvalue weighted by Crippen LogP contribution is 2.17. The summed E-state index contributed by atoms with van der Waals surface area (Å²) in [6.07, 6.45) is 1.27. The molecule has 11 heteroatoms. The molecule has 126 valence electrons. The van der Waals surface area contributed by atoms with Gasteiger partial charge in [0.15, 0.2) is 0 Å². The monoisotopic (exact) mass is 348 g/mol. The molecule has 0 saturated heterocycles. The second-order valence-corrected chi connectivity index (χ2v) is 7.60. The fourth-order valence-electron chi connectivity index (χ4n) is 1.14. The summed E-state index contributed by atoms with van der Waals surface area (Å²) >= 11 is 0. The van der Waals surface area contributed by atoms with Gasteiger partial charge in [-0.3, -0.25) is 4.18 Å². The van der Waals surface area contributed by atoms with E-state index in [0.29, 0.717) is 6.26 Å². The Labute approximate surface area is 124 Å². The van der Waals surface area contributed by atoms with Gasteiger partial charge in [-0.1, -0.05) is 6.58 Å². The Bertz CT molecular complexity index is 537. The van der Waals surface area contributed by atoms with Crippen LogP contribution in [0.2, 0.25) is 0 Å². The Morgan fingerprint density at radius 3 is 2.14 bits per heavy atom. The van der Waals surface area contributed by atoms with E-state index >= 15 is 0 Å². The normalized spacial score (nSPS) is 15.6. The van der Waals surface area contributed by atoms with E-state index < -0.39 is 32.6 Å². The molecule has 21 heavy (non-hydrogen) atoms. The van der Waals surface area contributed by atoms with E-state index in [0.717, 1.165) is 6.26 Å². The van der Waals surface area contributed by atoms with E-state index in [-0.39, 0.29) is 31.8 Å². The summed E-state index contributed by atoms with van der Waals surface area (Å²) in [5, 5.41) is 18.8. The molecule has 0 rings (SSSR count). The van der Waals surface area contributed by atoms with Crippen LogP contribution < -0.4 is 0 Å². The lowest BCUT2D eigenvalue weighted by Gasteiger charge is -2.25. The molecule has 0 fully saturated rings. The molecule has 9 nitrogen and oxygen atoms in total. The predicted octanol–water partition coefficient (Wildman–Crippen LogP) is -0.504. The Kier molecular flexibility index (Phi) is 7.78. The van der Waals surface area contributed by atoms with Crippen LogP contribution in [0.3, 0.4) is 0 Å². The summed E-state index contributed by atoms with van der Waals surface area (Å²) in [5.41, 5.74) is 0. The first-order valence-electron chi connectivity index (χ1n) is 5.75. The van der Waals surface area contributed by atoms with Crippen LogP contribution in [0.4, 0.5) is 0 Å². The smallest absolute Gasteiger partial charge is 0.267 e. The molecule has 0 aliphatic rings. The summed E-state index contributed by atoms with van der Waals surface area (Å²) in [6.45, 7) is 2.30. The van der Waals surface area contributed by atoms with Crippen LogP contribution in [0.1, 0.15) is 12.8 Å². The SMILES string of the molecule is C=C(O)CCOCC[C@@](O)(COS(C)(=O)=O)OS(C)(=O)=O. The zero-order chi connectivity index (χ0) is 16.7. The maximum absolute atomic E-state index is 11.1. The molecule has 0 amide bonds. The fraction of sp³-hybridized carbons (Fsp3) is 0.800. The van der Waals surface area contributed by atoms with Crippen molar-refractivity contribution in [3.8, 4) is 0 Å². The van der Waals surface area contributed by atoms with Gasteiger partial charge in [-0.2, -0.15) is 16.8 Å². The first-order valence-corrected chi connectivity index (χ1v) is 9.38. The third kappa shape index (κ3) is 12.7. The predicted molar refractivity (Wildman–Crippen MR) is 73.5 cm³/mol. The van der Waals surface area contributed by atoms with E-state index in [1.807, 2.05) is 0 Å². The molecule has 0 saturated carbocycles. The number of aliphatic hydroxyl groups is 2. The Morgan fingerprint density at radius 2 is 1.71 bits per heavy atom. The molecule has 0 aliphatic heterocycles. The molecule has 0 aromatic rings. The minimum atomic E-state index is -4.04. The summed E-state index contributed by atoms with van der Waals surface area (Å²) in [4.78, 5) is 0. The van der Waals surface area contributed by atoms with E-state index in [2.05, 4.69) is 14.9 Å². The van der Waals surface area contributed by atoms with Gasteiger partial charge in [-0.15, -0.1) is 0 Å². The summed E-state index contributed by atoms with van der Waals surface area (Å²) in [6, 6.07) is 0. The van der Waals surface area contributed by atoms with Gasteiger partial charge in [0.1, 0.15) is 6.61 Å². The highest BCUT2D eigenvalue weighted by molar-refractivity contribution is 7.86. The maximum Gasteiger partial charge on any atom is 0.267 e. The van der Waals surface area contributed by atoms with Crippen LogP contribution in [-0.2, 0) is 33.3 Å². The second kappa shape index (κ2) is 8.06. The molecule has 0 aliphatic carbocycles. The van der Waals surface area contributed by atoms with Gasteiger partial charge in [-0.25, -0.2) is 4.18 Å². The number of hydrogen-bond acceptors (Lipinski definition) is 9. The standard InChI is InChI=1S/C10H20O9S2/c1-9(11)4-6-17-7-5-10(12,19-21(3,15)16)8-18-20(2,13)14/h11-12H,1,4-8H2,2-3H3/t10-/m0/s1. The third-order valence-corrected chi connectivity index (χ3v) is 3.14. The van der Waals surface area contributed by atoms with Crippen molar-refractivity contribution < 1.29 is 40.2 Å². The van der Waals surface area contributed by atoms with Crippen LogP contribution in [0, 0.1) is 0 Å². The summed E-state index contributed by atoms with van der Waals surface area (Å²) in [5.74, 6) is -2.45. The molecule has 0 unspecified atom stereocenters. The molecule has 0 bridgehead atoms. The third-order valence-electron chi connectivity index (χ3n) is 1.98. The van der Waals surface area contributed by atoms with Crippen molar-refractivity contribution in [2.45, 2.75) is 18.6 Å². The quantitative estimate of drug-likeness (QED) is 0.219. The average molecular weight is 348 g/mol. The van der Waals surface area contributed by atoms with Crippen LogP contribution in [-0.4, -0.2) is 65.2 Å². The average Bonchev–Trinajstić information content (AvgIpc) is 2.22. The summed E-state index contributed by atoms with van der Waals surface area (Å²) < 4.78 is 57.8. The van der Waals surface area contributed by atoms with E-state index in [4.69, 9.17) is 9.84 Å². The highest BCUT2D eigenvalue weighted by atomic mass is 32.2. The molecule has 0 aromatic carbocycles. The molecular weight excluding hydrogens is 328 g/mol. The van der Waals surface area contributed by atoms with Crippen LogP contribution in [0.5, 0.6) is 0 Å². The van der Waals surface area contributed by atoms with Gasteiger partial charge in [-0.05, 0) is 0 Å². The number of rotatable bonds is 11. The van der Waals surface area contributed by atoms with Gasteiger partial charge >= 0.3 is 0 Å². The lowest BCUT2D eigenvalue weighted by molar-refractivity contribution is -0.167. The molecule has 1 atom stereocenters.